The lowest BCUT2D eigenvalue weighted by Crippen LogP contribution is -2.37. The van der Waals surface area contributed by atoms with Crippen LogP contribution in [0, 0.1) is 17.0 Å². The Morgan fingerprint density at radius 2 is 2.23 bits per heavy atom. The monoisotopic (exact) mass is 443 g/mol. The molecular weight excluding hydrogens is 422 g/mol. The van der Waals surface area contributed by atoms with Gasteiger partial charge in [-0.3, -0.25) is 19.8 Å². The number of benzene rings is 1. The van der Waals surface area contributed by atoms with Gasteiger partial charge in [0.25, 0.3) is 11.6 Å². The Labute approximate surface area is 183 Å². The van der Waals surface area contributed by atoms with Gasteiger partial charge in [-0.2, -0.15) is 0 Å². The van der Waals surface area contributed by atoms with E-state index in [4.69, 9.17) is 26.1 Å². The second-order valence-electron chi connectivity index (χ2n) is 7.34. The lowest BCUT2D eigenvalue weighted by atomic mass is 10.2. The summed E-state index contributed by atoms with van der Waals surface area (Å²) in [5.74, 6) is 1.32. The second kappa shape index (κ2) is 8.86. The molecular formula is C21H21N3O6S. The van der Waals surface area contributed by atoms with Crippen LogP contribution in [0.4, 0.5) is 5.69 Å². The van der Waals surface area contributed by atoms with Crippen molar-refractivity contribution in [2.75, 3.05) is 13.2 Å². The molecule has 2 saturated heterocycles. The summed E-state index contributed by atoms with van der Waals surface area (Å²) in [7, 11) is 0. The summed E-state index contributed by atoms with van der Waals surface area (Å²) < 4.78 is 17.0. The van der Waals surface area contributed by atoms with Gasteiger partial charge in [0, 0.05) is 24.3 Å². The first-order chi connectivity index (χ1) is 14.9. The van der Waals surface area contributed by atoms with Gasteiger partial charge < -0.3 is 19.2 Å². The van der Waals surface area contributed by atoms with Crippen LogP contribution in [0.1, 0.15) is 29.9 Å². The topological polar surface area (TPSA) is 107 Å². The molecule has 1 unspecified atom stereocenters. The lowest BCUT2D eigenvalue weighted by molar-refractivity contribution is -0.385. The summed E-state index contributed by atoms with van der Waals surface area (Å²) in [5, 5.41) is 14.2. The predicted molar refractivity (Wildman–Crippen MR) is 115 cm³/mol. The number of carbonyl (C=O) groups is 1. The molecule has 1 atom stereocenters. The normalized spacial score (nSPS) is 19.8. The molecule has 0 aliphatic carbocycles. The zero-order chi connectivity index (χ0) is 22.0. The summed E-state index contributed by atoms with van der Waals surface area (Å²) in [5.41, 5.74) is 0.900. The molecule has 0 radical (unpaired) electrons. The van der Waals surface area contributed by atoms with Crippen LogP contribution in [-0.4, -0.2) is 40.1 Å². The van der Waals surface area contributed by atoms with E-state index in [0.29, 0.717) is 46.8 Å². The van der Waals surface area contributed by atoms with E-state index in [1.807, 2.05) is 0 Å². The molecule has 9 nitrogen and oxygen atoms in total. The van der Waals surface area contributed by atoms with Gasteiger partial charge in [-0.1, -0.05) is 0 Å². The van der Waals surface area contributed by atoms with Gasteiger partial charge in [-0.25, -0.2) is 0 Å². The molecule has 3 heterocycles. The van der Waals surface area contributed by atoms with Crippen molar-refractivity contribution < 1.29 is 23.6 Å². The number of nitro benzene ring substituents is 1. The van der Waals surface area contributed by atoms with Gasteiger partial charge in [0.05, 0.1) is 17.6 Å². The van der Waals surface area contributed by atoms with Crippen LogP contribution in [0.25, 0.3) is 6.08 Å². The average Bonchev–Trinajstić information content (AvgIpc) is 3.45. The molecule has 0 bridgehead atoms. The maximum absolute atomic E-state index is 12.7. The molecule has 10 heteroatoms. The van der Waals surface area contributed by atoms with E-state index in [1.54, 1.807) is 37.3 Å². The number of thiocarbonyl (C=S) groups is 1. The Hall–Kier alpha value is -3.24. The van der Waals surface area contributed by atoms with Gasteiger partial charge in [-0.05, 0) is 56.2 Å². The van der Waals surface area contributed by atoms with Gasteiger partial charge in [0.2, 0.25) is 0 Å². The standard InChI is InChI=1S/C21H21N3O6S/c1-13-9-14(6-7-19(13)24(26)27)29-12-17-5-4-15(30-17)10-18-20(25)23(21(31)22-18)11-16-3-2-8-28-16/h4-7,9-10,16H,2-3,8,11-12H2,1H3,(H,22,31)/b18-10+. The number of aryl methyl sites for hydroxylation is 1. The molecule has 1 N–H and O–H groups in total. The van der Waals surface area contributed by atoms with Crippen molar-refractivity contribution in [3.8, 4) is 5.75 Å². The van der Waals surface area contributed by atoms with Crippen molar-refractivity contribution >= 4 is 35.0 Å². The van der Waals surface area contributed by atoms with Crippen molar-refractivity contribution in [2.45, 2.75) is 32.5 Å². The first-order valence-corrected chi connectivity index (χ1v) is 10.2. The third kappa shape index (κ3) is 4.75. The minimum Gasteiger partial charge on any atom is -0.486 e. The number of furan rings is 1. The number of hydrogen-bond acceptors (Lipinski definition) is 7. The fourth-order valence-corrected chi connectivity index (χ4v) is 3.77. The smallest absolute Gasteiger partial charge is 0.276 e. The number of carbonyl (C=O) groups excluding carboxylic acids is 1. The highest BCUT2D eigenvalue weighted by atomic mass is 32.1. The van der Waals surface area contributed by atoms with Crippen LogP contribution in [0.3, 0.4) is 0 Å². The Morgan fingerprint density at radius 1 is 1.39 bits per heavy atom. The summed E-state index contributed by atoms with van der Waals surface area (Å²) >= 11 is 5.29. The molecule has 0 saturated carbocycles. The van der Waals surface area contributed by atoms with Crippen LogP contribution in [0.2, 0.25) is 0 Å². The van der Waals surface area contributed by atoms with Crippen molar-refractivity contribution in [3.05, 3.63) is 63.2 Å². The highest BCUT2D eigenvalue weighted by Crippen LogP contribution is 2.24. The number of amides is 1. The largest absolute Gasteiger partial charge is 0.486 e. The number of nitrogens with one attached hydrogen (secondary N) is 1. The number of hydrogen-bond donors (Lipinski definition) is 1. The highest BCUT2D eigenvalue weighted by molar-refractivity contribution is 7.80. The second-order valence-corrected chi connectivity index (χ2v) is 7.72. The van der Waals surface area contributed by atoms with E-state index in [9.17, 15) is 14.9 Å². The van der Waals surface area contributed by atoms with Crippen molar-refractivity contribution in [2.24, 2.45) is 0 Å². The van der Waals surface area contributed by atoms with Crippen molar-refractivity contribution in [1.82, 2.24) is 10.2 Å². The maximum Gasteiger partial charge on any atom is 0.276 e. The number of rotatable bonds is 7. The predicted octanol–water partition coefficient (Wildman–Crippen LogP) is 3.31. The van der Waals surface area contributed by atoms with Gasteiger partial charge in [-0.15, -0.1) is 0 Å². The lowest BCUT2D eigenvalue weighted by Gasteiger charge is -2.18. The molecule has 2 fully saturated rings. The number of nitrogens with zero attached hydrogens (tertiary/aromatic N) is 2. The van der Waals surface area contributed by atoms with Crippen molar-refractivity contribution in [3.63, 3.8) is 0 Å². The summed E-state index contributed by atoms with van der Waals surface area (Å²) in [6, 6.07) is 8.03. The summed E-state index contributed by atoms with van der Waals surface area (Å²) in [6.07, 6.45) is 3.52. The summed E-state index contributed by atoms with van der Waals surface area (Å²) in [4.78, 5) is 24.7. The molecule has 1 aromatic carbocycles. The Kier molecular flexibility index (Phi) is 6.01. The van der Waals surface area contributed by atoms with Crippen LogP contribution < -0.4 is 10.1 Å². The Bertz CT molecular complexity index is 1060. The maximum atomic E-state index is 12.7. The van der Waals surface area contributed by atoms with E-state index in [0.717, 1.165) is 12.8 Å². The minimum atomic E-state index is -0.433. The molecule has 1 aromatic heterocycles. The number of nitro groups is 1. The molecule has 1 amide bonds. The molecule has 2 aromatic rings. The van der Waals surface area contributed by atoms with Crippen LogP contribution in [0.5, 0.6) is 5.75 Å². The molecule has 2 aliphatic rings. The molecule has 4 rings (SSSR count). The highest BCUT2D eigenvalue weighted by Gasteiger charge is 2.33. The fourth-order valence-electron chi connectivity index (χ4n) is 3.50. The fraction of sp³-hybridized carbons (Fsp3) is 0.333. The van der Waals surface area contributed by atoms with Gasteiger partial charge in [0.15, 0.2) is 5.11 Å². The van der Waals surface area contributed by atoms with Crippen LogP contribution >= 0.6 is 12.2 Å². The molecule has 31 heavy (non-hydrogen) atoms. The van der Waals surface area contributed by atoms with E-state index in [-0.39, 0.29) is 24.3 Å². The third-order valence-electron chi connectivity index (χ3n) is 5.09. The Morgan fingerprint density at radius 3 is 2.94 bits per heavy atom. The zero-order valence-corrected chi connectivity index (χ0v) is 17.6. The first kappa shape index (κ1) is 21.0. The first-order valence-electron chi connectivity index (χ1n) is 9.83. The molecule has 0 spiro atoms. The van der Waals surface area contributed by atoms with Gasteiger partial charge >= 0.3 is 0 Å². The Balaban J connectivity index is 1.38. The SMILES string of the molecule is Cc1cc(OCc2ccc(/C=C3/NC(=S)N(CC4CCCO4)C3=O)o2)ccc1[N+](=O)[O-]. The van der Waals surface area contributed by atoms with Crippen molar-refractivity contribution in [1.29, 1.82) is 0 Å². The van der Waals surface area contributed by atoms with Gasteiger partial charge in [0.1, 0.15) is 29.6 Å². The average molecular weight is 443 g/mol. The van der Waals surface area contributed by atoms with E-state index in [1.165, 1.54) is 11.0 Å². The summed E-state index contributed by atoms with van der Waals surface area (Å²) in [6.45, 7) is 2.95. The quantitative estimate of drug-likeness (QED) is 0.301. The zero-order valence-electron chi connectivity index (χ0n) is 16.8. The van der Waals surface area contributed by atoms with Crippen LogP contribution in [0.15, 0.2) is 40.4 Å². The molecule has 162 valence electrons. The van der Waals surface area contributed by atoms with Crippen LogP contribution in [-0.2, 0) is 16.1 Å². The minimum absolute atomic E-state index is 0.0125. The molecule has 2 aliphatic heterocycles. The van der Waals surface area contributed by atoms with E-state index < -0.39 is 4.92 Å². The third-order valence-corrected chi connectivity index (χ3v) is 5.41. The van der Waals surface area contributed by atoms with E-state index >= 15 is 0 Å². The van der Waals surface area contributed by atoms with E-state index in [2.05, 4.69) is 5.32 Å². The number of ether oxygens (including phenoxy) is 2.